The van der Waals surface area contributed by atoms with Gasteiger partial charge in [0.1, 0.15) is 11.6 Å². The molecule has 0 aliphatic rings. The maximum absolute atomic E-state index is 12.4. The third kappa shape index (κ3) is 3.58. The van der Waals surface area contributed by atoms with Gasteiger partial charge in [-0.2, -0.15) is 29.8 Å². The van der Waals surface area contributed by atoms with E-state index < -0.39 is 17.5 Å². The van der Waals surface area contributed by atoms with Crippen molar-refractivity contribution in [1.29, 1.82) is 5.26 Å². The van der Waals surface area contributed by atoms with Gasteiger partial charge >= 0.3 is 6.18 Å². The molecule has 0 N–H and O–H groups in total. The fourth-order valence-corrected chi connectivity index (χ4v) is 2.27. The molecule has 0 aliphatic carbocycles. The molecule has 2 nitrogen and oxygen atoms in total. The van der Waals surface area contributed by atoms with Crippen LogP contribution in [0.25, 0.3) is 6.08 Å². The van der Waals surface area contributed by atoms with E-state index in [1.807, 2.05) is 0 Å². The number of carbonyl (C=O) groups excluding carboxylic acids is 1. The Morgan fingerprint density at radius 2 is 1.86 bits per heavy atom. The van der Waals surface area contributed by atoms with Crippen molar-refractivity contribution in [2.75, 3.05) is 0 Å². The van der Waals surface area contributed by atoms with Gasteiger partial charge in [-0.3, -0.25) is 4.79 Å². The lowest BCUT2D eigenvalue weighted by atomic mass is 10.0. The molecule has 0 atom stereocenters. The molecule has 0 saturated heterocycles. The van der Waals surface area contributed by atoms with E-state index in [-0.39, 0.29) is 5.57 Å². The van der Waals surface area contributed by atoms with Crippen molar-refractivity contribution < 1.29 is 18.0 Å². The first-order valence-electron chi connectivity index (χ1n) is 5.78. The summed E-state index contributed by atoms with van der Waals surface area (Å²) < 4.78 is 37.3. The zero-order valence-corrected chi connectivity index (χ0v) is 11.3. The quantitative estimate of drug-likeness (QED) is 0.474. The molecule has 0 amide bonds. The number of nitrogens with zero attached hydrogens (tertiary/aromatic N) is 1. The van der Waals surface area contributed by atoms with Crippen LogP contribution in [0.1, 0.15) is 21.5 Å². The molecule has 0 radical (unpaired) electrons. The van der Waals surface area contributed by atoms with Crippen molar-refractivity contribution in [3.8, 4) is 6.07 Å². The van der Waals surface area contributed by atoms with Crippen LogP contribution in [-0.2, 0) is 6.18 Å². The lowest BCUT2D eigenvalue weighted by Crippen LogP contribution is -2.04. The van der Waals surface area contributed by atoms with E-state index in [9.17, 15) is 18.0 Å². The van der Waals surface area contributed by atoms with Crippen LogP contribution in [-0.4, -0.2) is 5.78 Å². The monoisotopic (exact) mass is 307 g/mol. The Balaban J connectivity index is 2.29. The van der Waals surface area contributed by atoms with E-state index in [4.69, 9.17) is 5.26 Å². The molecular weight excluding hydrogens is 299 g/mol. The molecule has 106 valence electrons. The second-order valence-electron chi connectivity index (χ2n) is 4.13. The minimum Gasteiger partial charge on any atom is -0.288 e. The Kier molecular flexibility index (Phi) is 4.24. The second kappa shape index (κ2) is 5.94. The first-order chi connectivity index (χ1) is 9.91. The van der Waals surface area contributed by atoms with Crippen LogP contribution in [0.15, 0.2) is 46.7 Å². The van der Waals surface area contributed by atoms with Gasteiger partial charge in [-0.25, -0.2) is 0 Å². The van der Waals surface area contributed by atoms with Gasteiger partial charge in [-0.05, 0) is 35.2 Å². The maximum Gasteiger partial charge on any atom is 0.416 e. The molecule has 0 saturated carbocycles. The number of halogens is 3. The maximum atomic E-state index is 12.4. The summed E-state index contributed by atoms with van der Waals surface area (Å²) in [6.07, 6.45) is -3.13. The number of Topliss-reactive ketones (excluding diaryl/α,β-unsaturated/α-hetero) is 1. The van der Waals surface area contributed by atoms with E-state index in [0.717, 1.165) is 12.1 Å². The Bertz CT molecular complexity index is 707. The Morgan fingerprint density at radius 3 is 2.33 bits per heavy atom. The van der Waals surface area contributed by atoms with Crippen LogP contribution in [0.4, 0.5) is 13.2 Å². The standard InChI is InChI=1S/C15H8F3NOS/c16-15(17,18)13-3-1-10(2-4-13)7-12(8-19)14(20)11-5-6-21-9-11/h1-7,9H/b12-7+. The third-order valence-electron chi connectivity index (χ3n) is 2.70. The Morgan fingerprint density at radius 1 is 1.19 bits per heavy atom. The van der Waals surface area contributed by atoms with E-state index in [1.165, 1.54) is 29.5 Å². The summed E-state index contributed by atoms with van der Waals surface area (Å²) in [6.45, 7) is 0. The van der Waals surface area contributed by atoms with Gasteiger partial charge in [0, 0.05) is 10.9 Å². The van der Waals surface area contributed by atoms with Gasteiger partial charge in [-0.15, -0.1) is 0 Å². The van der Waals surface area contributed by atoms with Crippen LogP contribution in [0, 0.1) is 11.3 Å². The normalized spacial score (nSPS) is 12.0. The highest BCUT2D eigenvalue weighted by Crippen LogP contribution is 2.29. The van der Waals surface area contributed by atoms with Crippen LogP contribution in [0.3, 0.4) is 0 Å². The lowest BCUT2D eigenvalue weighted by Gasteiger charge is -2.06. The van der Waals surface area contributed by atoms with Crippen molar-refractivity contribution in [1.82, 2.24) is 0 Å². The zero-order valence-electron chi connectivity index (χ0n) is 10.5. The summed E-state index contributed by atoms with van der Waals surface area (Å²) >= 11 is 1.32. The van der Waals surface area contributed by atoms with E-state index in [0.29, 0.717) is 11.1 Å². The summed E-state index contributed by atoms with van der Waals surface area (Å²) in [4.78, 5) is 12.0. The molecule has 1 heterocycles. The fourth-order valence-electron chi connectivity index (χ4n) is 1.63. The number of benzene rings is 1. The summed E-state index contributed by atoms with van der Waals surface area (Å²) in [5, 5.41) is 12.3. The number of ketones is 1. The van der Waals surface area contributed by atoms with Crippen molar-refractivity contribution in [3.05, 3.63) is 63.4 Å². The predicted octanol–water partition coefficient (Wildman–Crippen LogP) is 4.56. The molecule has 6 heteroatoms. The predicted molar refractivity (Wildman–Crippen MR) is 73.7 cm³/mol. The molecule has 0 fully saturated rings. The van der Waals surface area contributed by atoms with Crippen LogP contribution in [0.5, 0.6) is 0 Å². The van der Waals surface area contributed by atoms with Crippen molar-refractivity contribution in [2.45, 2.75) is 6.18 Å². The van der Waals surface area contributed by atoms with Gasteiger partial charge in [0.25, 0.3) is 0 Å². The van der Waals surface area contributed by atoms with Gasteiger partial charge in [0.2, 0.25) is 5.78 Å². The SMILES string of the molecule is N#C/C(=C\c1ccc(C(F)(F)F)cc1)C(=O)c1ccsc1. The van der Waals surface area contributed by atoms with Crippen LogP contribution in [0.2, 0.25) is 0 Å². The van der Waals surface area contributed by atoms with Gasteiger partial charge in [0.15, 0.2) is 0 Å². The van der Waals surface area contributed by atoms with Gasteiger partial charge < -0.3 is 0 Å². The first-order valence-corrected chi connectivity index (χ1v) is 6.72. The van der Waals surface area contributed by atoms with E-state index >= 15 is 0 Å². The average molecular weight is 307 g/mol. The smallest absolute Gasteiger partial charge is 0.288 e. The molecule has 0 spiro atoms. The highest BCUT2D eigenvalue weighted by atomic mass is 32.1. The number of alkyl halides is 3. The molecule has 0 bridgehead atoms. The molecule has 2 aromatic rings. The first kappa shape index (κ1) is 15.0. The Hall–Kier alpha value is -2.39. The van der Waals surface area contributed by atoms with E-state index in [2.05, 4.69) is 0 Å². The Labute approximate surface area is 122 Å². The number of allylic oxidation sites excluding steroid dienone is 1. The topological polar surface area (TPSA) is 40.9 Å². The molecule has 0 aliphatic heterocycles. The summed E-state index contributed by atoms with van der Waals surface area (Å²) in [5.41, 5.74) is -0.140. The molecule has 1 aromatic heterocycles. The lowest BCUT2D eigenvalue weighted by molar-refractivity contribution is -0.137. The number of carbonyl (C=O) groups is 1. The van der Waals surface area contributed by atoms with Gasteiger partial charge in [-0.1, -0.05) is 12.1 Å². The summed E-state index contributed by atoms with van der Waals surface area (Å²) in [5.74, 6) is -0.446. The number of nitriles is 1. The van der Waals surface area contributed by atoms with E-state index in [1.54, 1.807) is 22.9 Å². The molecule has 0 unspecified atom stereocenters. The number of hydrogen-bond donors (Lipinski definition) is 0. The molecular formula is C15H8F3NOS. The molecule has 1 aromatic carbocycles. The van der Waals surface area contributed by atoms with Crippen molar-refractivity contribution in [3.63, 3.8) is 0 Å². The molecule has 2 rings (SSSR count). The highest BCUT2D eigenvalue weighted by Gasteiger charge is 2.29. The van der Waals surface area contributed by atoms with Crippen LogP contribution < -0.4 is 0 Å². The minimum absolute atomic E-state index is 0.117. The largest absolute Gasteiger partial charge is 0.416 e. The number of rotatable bonds is 3. The summed E-state index contributed by atoms with van der Waals surface area (Å²) in [7, 11) is 0. The highest BCUT2D eigenvalue weighted by molar-refractivity contribution is 7.08. The zero-order chi connectivity index (χ0) is 15.5. The fraction of sp³-hybridized carbons (Fsp3) is 0.0667. The second-order valence-corrected chi connectivity index (χ2v) is 4.91. The minimum atomic E-state index is -4.41. The summed E-state index contributed by atoms with van der Waals surface area (Å²) in [6, 6.07) is 7.64. The number of thiophene rings is 1. The molecule has 21 heavy (non-hydrogen) atoms. The van der Waals surface area contributed by atoms with Crippen molar-refractivity contribution >= 4 is 23.2 Å². The van der Waals surface area contributed by atoms with Crippen molar-refractivity contribution in [2.24, 2.45) is 0 Å². The number of hydrogen-bond acceptors (Lipinski definition) is 3. The van der Waals surface area contributed by atoms with Crippen LogP contribution >= 0.6 is 11.3 Å². The third-order valence-corrected chi connectivity index (χ3v) is 3.38. The van der Waals surface area contributed by atoms with Gasteiger partial charge in [0.05, 0.1) is 5.56 Å². The average Bonchev–Trinajstić information content (AvgIpc) is 2.97.